The summed E-state index contributed by atoms with van der Waals surface area (Å²) in [4.78, 5) is 21.5. The Hall–Kier alpha value is -2.74. The van der Waals surface area contributed by atoms with E-state index in [0.717, 1.165) is 29.2 Å². The van der Waals surface area contributed by atoms with Crippen LogP contribution in [0.4, 0.5) is 13.2 Å². The van der Waals surface area contributed by atoms with Gasteiger partial charge in [-0.15, -0.1) is 0 Å². The minimum Gasteiger partial charge on any atom is -0.363 e. The summed E-state index contributed by atoms with van der Waals surface area (Å²) in [5.41, 5.74) is 2.53. The second-order valence-electron chi connectivity index (χ2n) is 7.38. The molecule has 0 amide bonds. The summed E-state index contributed by atoms with van der Waals surface area (Å²) in [5.74, 6) is -0.297. The Morgan fingerprint density at radius 1 is 1.23 bits per heavy atom. The minimum atomic E-state index is -4.39. The molecule has 0 bridgehead atoms. The lowest BCUT2D eigenvalue weighted by molar-refractivity contribution is -0.138. The van der Waals surface area contributed by atoms with Crippen LogP contribution in [0.2, 0.25) is 0 Å². The van der Waals surface area contributed by atoms with Gasteiger partial charge in [-0.05, 0) is 36.0 Å². The van der Waals surface area contributed by atoms with Crippen LogP contribution >= 0.6 is 11.6 Å². The summed E-state index contributed by atoms with van der Waals surface area (Å²) in [6, 6.07) is 5.71. The number of aromatic nitrogens is 2. The Labute approximate surface area is 176 Å². The predicted octanol–water partition coefficient (Wildman–Crippen LogP) is 4.42. The zero-order chi connectivity index (χ0) is 21.5. The van der Waals surface area contributed by atoms with Gasteiger partial charge in [-0.25, -0.2) is 9.97 Å². The monoisotopic (exact) mass is 434 g/mol. The average Bonchev–Trinajstić information content (AvgIpc) is 3.53. The third-order valence-corrected chi connectivity index (χ3v) is 5.96. The van der Waals surface area contributed by atoms with E-state index < -0.39 is 11.7 Å². The van der Waals surface area contributed by atoms with Gasteiger partial charge >= 0.3 is 6.18 Å². The van der Waals surface area contributed by atoms with E-state index in [1.807, 2.05) is 0 Å². The van der Waals surface area contributed by atoms with E-state index in [0.29, 0.717) is 43.5 Å². The number of carbonyl (C=O) groups is 1. The number of allylic oxidation sites excluding steroid dienone is 2. The standard InChI is InChI=1S/C21H18ClF3N4O/c22-17(10-30)19(8-26)29-6-5-13-18(9-29)27-11-28-20(13)15-7-14(15)12-3-1-2-4-16(12)21(23,24)25/h1-4,8,10-11,14-15,26H,5-7,9H2/b19-17-,26-8?. The van der Waals surface area contributed by atoms with Crippen molar-refractivity contribution in [3.63, 3.8) is 0 Å². The molecule has 1 fully saturated rings. The van der Waals surface area contributed by atoms with Gasteiger partial charge in [0.2, 0.25) is 0 Å². The Kier molecular flexibility index (Phi) is 5.36. The summed E-state index contributed by atoms with van der Waals surface area (Å²) < 4.78 is 40.2. The maximum atomic E-state index is 13.4. The van der Waals surface area contributed by atoms with Crippen molar-refractivity contribution in [1.29, 1.82) is 5.41 Å². The van der Waals surface area contributed by atoms with E-state index in [1.165, 1.54) is 12.4 Å². The largest absolute Gasteiger partial charge is 0.416 e. The summed E-state index contributed by atoms with van der Waals surface area (Å²) in [5, 5.41) is 7.49. The molecule has 1 saturated carbocycles. The first kappa shape index (κ1) is 20.5. The number of nitrogens with zero attached hydrogens (tertiary/aromatic N) is 3. The van der Waals surface area contributed by atoms with E-state index >= 15 is 0 Å². The van der Waals surface area contributed by atoms with Crippen LogP contribution in [-0.4, -0.2) is 33.9 Å². The lowest BCUT2D eigenvalue weighted by atomic mass is 9.96. The molecule has 1 aliphatic heterocycles. The molecule has 1 aliphatic carbocycles. The number of carbonyl (C=O) groups excluding carboxylic acids is 1. The summed E-state index contributed by atoms with van der Waals surface area (Å²) in [7, 11) is 0. The quantitative estimate of drug-likeness (QED) is 0.429. The second kappa shape index (κ2) is 7.83. The zero-order valence-electron chi connectivity index (χ0n) is 15.8. The number of halogens is 4. The minimum absolute atomic E-state index is 0.0475. The van der Waals surface area contributed by atoms with Crippen molar-refractivity contribution >= 4 is 24.1 Å². The van der Waals surface area contributed by atoms with Crippen molar-refractivity contribution in [2.24, 2.45) is 0 Å². The number of rotatable bonds is 5. The fourth-order valence-electron chi connectivity index (χ4n) is 4.20. The van der Waals surface area contributed by atoms with Gasteiger partial charge in [0, 0.05) is 18.7 Å². The SMILES string of the molecule is N=C/C(=C(/Cl)C=O)N1CCc2c(ncnc2C2CC2c2ccccc2C(F)(F)F)C1. The van der Waals surface area contributed by atoms with Gasteiger partial charge in [0.1, 0.15) is 11.4 Å². The Balaban J connectivity index is 1.61. The Morgan fingerprint density at radius 3 is 2.70 bits per heavy atom. The summed E-state index contributed by atoms with van der Waals surface area (Å²) >= 11 is 5.92. The first-order valence-corrected chi connectivity index (χ1v) is 9.82. The molecule has 5 nitrogen and oxygen atoms in total. The van der Waals surface area contributed by atoms with Crippen LogP contribution in [0.15, 0.2) is 41.3 Å². The van der Waals surface area contributed by atoms with Crippen LogP contribution in [0, 0.1) is 5.41 Å². The van der Waals surface area contributed by atoms with Crippen LogP contribution in [0.1, 0.15) is 46.3 Å². The van der Waals surface area contributed by atoms with Crippen LogP contribution in [0.3, 0.4) is 0 Å². The van der Waals surface area contributed by atoms with Crippen LogP contribution in [0.25, 0.3) is 0 Å². The molecular formula is C21H18ClF3N4O. The molecule has 9 heteroatoms. The van der Waals surface area contributed by atoms with E-state index in [-0.39, 0.29) is 16.9 Å². The fraction of sp³-hybridized carbons (Fsp3) is 0.333. The number of benzene rings is 1. The average molecular weight is 435 g/mol. The molecule has 0 saturated heterocycles. The molecule has 1 N–H and O–H groups in total. The van der Waals surface area contributed by atoms with Crippen molar-refractivity contribution < 1.29 is 18.0 Å². The van der Waals surface area contributed by atoms with E-state index in [2.05, 4.69) is 9.97 Å². The maximum absolute atomic E-state index is 13.4. The zero-order valence-corrected chi connectivity index (χ0v) is 16.5. The van der Waals surface area contributed by atoms with Crippen molar-refractivity contribution in [2.75, 3.05) is 6.54 Å². The number of hydrogen-bond acceptors (Lipinski definition) is 5. The number of hydrogen-bond donors (Lipinski definition) is 1. The molecule has 2 heterocycles. The van der Waals surface area contributed by atoms with Crippen LogP contribution < -0.4 is 0 Å². The van der Waals surface area contributed by atoms with Gasteiger partial charge < -0.3 is 10.3 Å². The van der Waals surface area contributed by atoms with Gasteiger partial charge in [-0.3, -0.25) is 4.79 Å². The van der Waals surface area contributed by atoms with E-state index in [1.54, 1.807) is 17.0 Å². The molecule has 0 radical (unpaired) electrons. The summed E-state index contributed by atoms with van der Waals surface area (Å²) in [6.45, 7) is 0.870. The smallest absolute Gasteiger partial charge is 0.363 e. The Bertz CT molecular complexity index is 1040. The van der Waals surface area contributed by atoms with Gasteiger partial charge in [0.15, 0.2) is 6.29 Å². The normalized spacial score (nSPS) is 21.5. The number of aldehydes is 1. The highest BCUT2D eigenvalue weighted by molar-refractivity contribution is 6.40. The summed E-state index contributed by atoms with van der Waals surface area (Å²) in [6.07, 6.45) is -0.246. The van der Waals surface area contributed by atoms with Crippen molar-refractivity contribution in [1.82, 2.24) is 14.9 Å². The number of nitrogens with one attached hydrogen (secondary N) is 1. The van der Waals surface area contributed by atoms with E-state index in [4.69, 9.17) is 17.0 Å². The van der Waals surface area contributed by atoms with Crippen molar-refractivity contribution in [3.8, 4) is 0 Å². The second-order valence-corrected chi connectivity index (χ2v) is 7.79. The van der Waals surface area contributed by atoms with Crippen LogP contribution in [-0.2, 0) is 23.9 Å². The Morgan fingerprint density at radius 2 is 2.00 bits per heavy atom. The molecule has 2 atom stereocenters. The molecule has 1 aromatic heterocycles. The third kappa shape index (κ3) is 3.71. The van der Waals surface area contributed by atoms with Gasteiger partial charge in [-0.2, -0.15) is 13.2 Å². The lowest BCUT2D eigenvalue weighted by Gasteiger charge is -2.31. The highest BCUT2D eigenvalue weighted by Gasteiger charge is 2.46. The number of fused-ring (bicyclic) bond motifs is 1. The molecule has 2 aliphatic rings. The topological polar surface area (TPSA) is 69.9 Å². The highest BCUT2D eigenvalue weighted by atomic mass is 35.5. The van der Waals surface area contributed by atoms with Gasteiger partial charge in [0.05, 0.1) is 29.2 Å². The molecule has 2 aromatic rings. The molecule has 1 aromatic carbocycles. The van der Waals surface area contributed by atoms with E-state index in [9.17, 15) is 18.0 Å². The molecule has 156 valence electrons. The van der Waals surface area contributed by atoms with Gasteiger partial charge in [0.25, 0.3) is 0 Å². The molecule has 4 rings (SSSR count). The molecule has 30 heavy (non-hydrogen) atoms. The molecule has 0 spiro atoms. The molecule has 2 unspecified atom stereocenters. The first-order chi connectivity index (χ1) is 14.3. The lowest BCUT2D eigenvalue weighted by Crippen LogP contribution is -2.32. The fourth-order valence-corrected chi connectivity index (χ4v) is 4.37. The predicted molar refractivity (Wildman–Crippen MR) is 105 cm³/mol. The highest BCUT2D eigenvalue weighted by Crippen LogP contribution is 2.57. The maximum Gasteiger partial charge on any atom is 0.416 e. The number of alkyl halides is 3. The third-order valence-electron chi connectivity index (χ3n) is 5.67. The van der Waals surface area contributed by atoms with Crippen LogP contribution in [0.5, 0.6) is 0 Å². The van der Waals surface area contributed by atoms with Crippen molar-refractivity contribution in [3.05, 3.63) is 69.4 Å². The first-order valence-electron chi connectivity index (χ1n) is 9.44. The van der Waals surface area contributed by atoms with Gasteiger partial charge in [-0.1, -0.05) is 29.8 Å². The van der Waals surface area contributed by atoms with Crippen molar-refractivity contribution in [2.45, 2.75) is 37.4 Å². The molecular weight excluding hydrogens is 417 g/mol.